The number of anilines is 1. The first-order chi connectivity index (χ1) is 12.3. The highest BCUT2D eigenvalue weighted by Gasteiger charge is 2.46. The molecule has 0 atom stereocenters. The van der Waals surface area contributed by atoms with E-state index in [2.05, 4.69) is 15.3 Å². The maximum atomic E-state index is 14.8. The predicted octanol–water partition coefficient (Wildman–Crippen LogP) is 1.01. The van der Waals surface area contributed by atoms with Crippen molar-refractivity contribution in [2.24, 2.45) is 0 Å². The minimum atomic E-state index is -2.63. The fourth-order valence-corrected chi connectivity index (χ4v) is 6.13. The molecule has 2 aromatic rings. The lowest BCUT2D eigenvalue weighted by Crippen LogP contribution is -2.46. The molecule has 0 aliphatic carbocycles. The van der Waals surface area contributed by atoms with Crippen LogP contribution in [0.3, 0.4) is 0 Å². The Bertz CT molecular complexity index is 845. The Morgan fingerprint density at radius 2 is 2.19 bits per heavy atom. The van der Waals surface area contributed by atoms with Gasteiger partial charge in [-0.15, -0.1) is 11.8 Å². The van der Waals surface area contributed by atoms with Crippen LogP contribution in [0.25, 0.3) is 0 Å². The number of benzene rings is 1. The van der Waals surface area contributed by atoms with Crippen LogP contribution in [0.5, 0.6) is 0 Å². The summed E-state index contributed by atoms with van der Waals surface area (Å²) in [5.41, 5.74) is 0.154. The molecule has 6 nitrogen and oxygen atoms in total. The molecule has 2 heterocycles. The van der Waals surface area contributed by atoms with Crippen molar-refractivity contribution in [3.05, 3.63) is 36.3 Å². The first-order valence-corrected chi connectivity index (χ1v) is 11.8. The molecule has 3 rings (SSSR count). The van der Waals surface area contributed by atoms with E-state index in [1.165, 1.54) is 18.6 Å². The van der Waals surface area contributed by atoms with Crippen LogP contribution in [0.15, 0.2) is 29.6 Å². The van der Waals surface area contributed by atoms with Crippen molar-refractivity contribution >= 4 is 49.6 Å². The van der Waals surface area contributed by atoms with Gasteiger partial charge in [-0.2, -0.15) is 0 Å². The smallest absolute Gasteiger partial charge is 0.446 e. The number of thioether (sulfide) groups is 1. The first kappa shape index (κ1) is 19.0. The van der Waals surface area contributed by atoms with Crippen molar-refractivity contribution in [2.75, 3.05) is 11.1 Å². The molecule has 1 amide bonds. The van der Waals surface area contributed by atoms with Crippen LogP contribution in [-0.2, 0) is 9.14 Å². The number of halogens is 2. The Kier molecular flexibility index (Phi) is 5.42. The molecule has 0 fully saturated rings. The molecule has 2 N–H and O–H groups in total. The molecule has 1 aliphatic rings. The van der Waals surface area contributed by atoms with E-state index in [9.17, 15) is 18.6 Å². The Hall–Kier alpha value is -1.82. The second-order valence-electron chi connectivity index (χ2n) is 6.18. The van der Waals surface area contributed by atoms with Gasteiger partial charge in [-0.05, 0) is 24.6 Å². The third-order valence-electron chi connectivity index (χ3n) is 3.89. The number of hydrogen-bond donors (Lipinski definition) is 2. The van der Waals surface area contributed by atoms with E-state index < -0.39 is 27.1 Å². The van der Waals surface area contributed by atoms with Crippen molar-refractivity contribution in [3.63, 3.8) is 0 Å². The van der Waals surface area contributed by atoms with Crippen LogP contribution in [0.2, 0.25) is 13.1 Å². The second-order valence-corrected chi connectivity index (χ2v) is 11.0. The van der Waals surface area contributed by atoms with Gasteiger partial charge >= 0.3 is 7.12 Å². The monoisotopic (exact) mass is 395 g/mol. The summed E-state index contributed by atoms with van der Waals surface area (Å²) < 4.78 is 34.5. The lowest BCUT2D eigenvalue weighted by Gasteiger charge is -2.18. The van der Waals surface area contributed by atoms with E-state index in [4.69, 9.17) is 4.34 Å². The van der Waals surface area contributed by atoms with Crippen molar-refractivity contribution in [2.45, 2.75) is 24.4 Å². The molecule has 26 heavy (non-hydrogen) atoms. The molecule has 0 bridgehead atoms. The summed E-state index contributed by atoms with van der Waals surface area (Å²) in [5.74, 6) is -1.29. The number of amides is 1. The summed E-state index contributed by atoms with van der Waals surface area (Å²) >= 11 is 0.919. The first-order valence-electron chi connectivity index (χ1n) is 7.86. The zero-order valence-corrected chi connectivity index (χ0v) is 15.9. The molecule has 0 saturated heterocycles. The van der Waals surface area contributed by atoms with E-state index in [-0.39, 0.29) is 33.6 Å². The SMILES string of the molecule is C[Si]1(C)OB(O)c2cc(F)c(SCCC(=O)Nc3cnccn3)c(F)c21. The van der Waals surface area contributed by atoms with Gasteiger partial charge in [0.1, 0.15) is 11.6 Å². The summed E-state index contributed by atoms with van der Waals surface area (Å²) in [6.45, 7) is 3.48. The normalized spacial score (nSPS) is 15.0. The molecule has 1 aromatic heterocycles. The predicted molar refractivity (Wildman–Crippen MR) is 98.2 cm³/mol. The molecule has 0 radical (unpaired) electrons. The summed E-state index contributed by atoms with van der Waals surface area (Å²) in [6, 6.07) is 1.12. The van der Waals surface area contributed by atoms with Gasteiger partial charge in [0.25, 0.3) is 0 Å². The zero-order valence-electron chi connectivity index (χ0n) is 14.1. The highest BCUT2D eigenvalue weighted by molar-refractivity contribution is 7.99. The van der Waals surface area contributed by atoms with Gasteiger partial charge in [0.05, 0.1) is 11.1 Å². The van der Waals surface area contributed by atoms with Crippen LogP contribution in [0, 0.1) is 11.6 Å². The zero-order chi connectivity index (χ0) is 18.9. The number of aromatic nitrogens is 2. The standard InChI is InChI=1S/C15H16BF2N3O3SSi/c1-26(2)15-9(16(23)24-26)7-10(17)14(13(15)18)25-6-3-12(22)21-11-8-19-4-5-20-11/h4-5,7-8,23H,3,6H2,1-2H3,(H,20,21,22). The molecular formula is C15H16BF2N3O3SSi. The molecule has 136 valence electrons. The molecule has 1 aromatic carbocycles. The minimum Gasteiger partial charge on any atom is -0.446 e. The average molecular weight is 395 g/mol. The summed E-state index contributed by atoms with van der Waals surface area (Å²) in [4.78, 5) is 19.5. The Balaban J connectivity index is 1.68. The highest BCUT2D eigenvalue weighted by atomic mass is 32.2. The molecular weight excluding hydrogens is 379 g/mol. The van der Waals surface area contributed by atoms with Gasteiger partial charge < -0.3 is 14.7 Å². The van der Waals surface area contributed by atoms with Crippen molar-refractivity contribution in [1.82, 2.24) is 9.97 Å². The van der Waals surface area contributed by atoms with E-state index in [0.29, 0.717) is 5.82 Å². The maximum absolute atomic E-state index is 14.8. The summed E-state index contributed by atoms with van der Waals surface area (Å²) in [5, 5.41) is 12.7. The molecule has 1 aliphatic heterocycles. The Labute approximate surface area is 154 Å². The molecule has 0 saturated carbocycles. The lowest BCUT2D eigenvalue weighted by atomic mass is 9.80. The van der Waals surface area contributed by atoms with Crippen molar-refractivity contribution in [3.8, 4) is 0 Å². The number of fused-ring (bicyclic) bond motifs is 1. The Morgan fingerprint density at radius 3 is 2.88 bits per heavy atom. The topological polar surface area (TPSA) is 84.3 Å². The second kappa shape index (κ2) is 7.43. The molecule has 0 unspecified atom stereocenters. The number of carbonyl (C=O) groups is 1. The molecule has 11 heteroatoms. The van der Waals surface area contributed by atoms with E-state index in [1.54, 1.807) is 13.1 Å². The fourth-order valence-electron chi connectivity index (χ4n) is 2.77. The summed E-state index contributed by atoms with van der Waals surface area (Å²) in [6.07, 6.45) is 4.39. The van der Waals surface area contributed by atoms with E-state index in [0.717, 1.165) is 17.8 Å². The fraction of sp³-hybridized carbons (Fsp3) is 0.267. The van der Waals surface area contributed by atoms with Crippen LogP contribution >= 0.6 is 11.8 Å². The molecule has 0 spiro atoms. The minimum absolute atomic E-state index is 0.0527. The number of nitrogens with one attached hydrogen (secondary N) is 1. The quantitative estimate of drug-likeness (QED) is 0.581. The number of nitrogens with zero attached hydrogens (tertiary/aromatic N) is 2. The summed E-state index contributed by atoms with van der Waals surface area (Å²) in [7, 11) is -3.93. The van der Waals surface area contributed by atoms with Crippen LogP contribution in [0.1, 0.15) is 6.42 Å². The number of rotatable bonds is 5. The van der Waals surface area contributed by atoms with Gasteiger partial charge in [0, 0.05) is 29.8 Å². The van der Waals surface area contributed by atoms with Crippen LogP contribution < -0.4 is 16.0 Å². The lowest BCUT2D eigenvalue weighted by molar-refractivity contribution is -0.115. The van der Waals surface area contributed by atoms with E-state index >= 15 is 0 Å². The third-order valence-corrected chi connectivity index (χ3v) is 7.48. The maximum Gasteiger partial charge on any atom is 0.480 e. The van der Waals surface area contributed by atoms with Gasteiger partial charge in [0.2, 0.25) is 14.2 Å². The number of carbonyl (C=O) groups excluding carboxylic acids is 1. The highest BCUT2D eigenvalue weighted by Crippen LogP contribution is 2.27. The number of hydrogen-bond acceptors (Lipinski definition) is 6. The largest absolute Gasteiger partial charge is 0.480 e. The van der Waals surface area contributed by atoms with Gasteiger partial charge in [-0.3, -0.25) is 9.78 Å². The Morgan fingerprint density at radius 1 is 1.42 bits per heavy atom. The van der Waals surface area contributed by atoms with Crippen molar-refractivity contribution in [1.29, 1.82) is 0 Å². The third kappa shape index (κ3) is 3.80. The van der Waals surface area contributed by atoms with Crippen molar-refractivity contribution < 1.29 is 22.9 Å². The van der Waals surface area contributed by atoms with Crippen LogP contribution in [0.4, 0.5) is 14.6 Å². The van der Waals surface area contributed by atoms with Gasteiger partial charge in [-0.1, -0.05) is 0 Å². The van der Waals surface area contributed by atoms with Gasteiger partial charge in [-0.25, -0.2) is 13.8 Å². The van der Waals surface area contributed by atoms with E-state index in [1.807, 2.05) is 0 Å². The van der Waals surface area contributed by atoms with Crippen LogP contribution in [-0.4, -0.2) is 42.1 Å². The van der Waals surface area contributed by atoms with Gasteiger partial charge in [0.15, 0.2) is 5.82 Å². The average Bonchev–Trinajstić information content (AvgIpc) is 2.80.